The van der Waals surface area contributed by atoms with Gasteiger partial charge in [0, 0.05) is 31.7 Å². The quantitative estimate of drug-likeness (QED) is 0.836. The number of carbonyl (C=O) groups is 1. The minimum absolute atomic E-state index is 0.183. The molecule has 0 bridgehead atoms. The summed E-state index contributed by atoms with van der Waals surface area (Å²) in [6, 6.07) is 9.59. The topological polar surface area (TPSA) is 70.2 Å². The third-order valence-corrected chi connectivity index (χ3v) is 4.79. The van der Waals surface area contributed by atoms with Crippen molar-refractivity contribution in [3.8, 4) is 0 Å². The zero-order valence-corrected chi connectivity index (χ0v) is 17.0. The Balaban J connectivity index is 0.000000194. The maximum Gasteiger partial charge on any atom is 0.314 e. The van der Waals surface area contributed by atoms with Crippen LogP contribution in [0.3, 0.4) is 0 Å². The molecule has 1 saturated heterocycles. The van der Waals surface area contributed by atoms with E-state index < -0.39 is 0 Å². The van der Waals surface area contributed by atoms with Gasteiger partial charge in [0.05, 0.1) is 5.69 Å². The molecule has 2 amide bonds. The second kappa shape index (κ2) is 10.7. The summed E-state index contributed by atoms with van der Waals surface area (Å²) in [6.45, 7) is 6.69. The first kappa shape index (κ1) is 21.0. The van der Waals surface area contributed by atoms with Crippen LogP contribution in [0.25, 0.3) is 0 Å². The first-order valence-corrected chi connectivity index (χ1v) is 9.63. The summed E-state index contributed by atoms with van der Waals surface area (Å²) in [5.74, 6) is 1.03. The van der Waals surface area contributed by atoms with Gasteiger partial charge in [-0.3, -0.25) is 0 Å². The summed E-state index contributed by atoms with van der Waals surface area (Å²) in [5, 5.41) is 14.2. The Hall–Kier alpha value is -2.34. The van der Waals surface area contributed by atoms with Gasteiger partial charge >= 0.3 is 6.03 Å². The summed E-state index contributed by atoms with van der Waals surface area (Å²) >= 11 is 5.87. The molecule has 1 aromatic heterocycles. The van der Waals surface area contributed by atoms with Gasteiger partial charge in [0.1, 0.15) is 0 Å². The van der Waals surface area contributed by atoms with Crippen LogP contribution in [-0.2, 0) is 6.54 Å². The number of nitrogens with one attached hydrogen (secondary N) is 2. The van der Waals surface area contributed by atoms with Crippen molar-refractivity contribution in [3.05, 3.63) is 52.2 Å². The molecule has 0 radical (unpaired) electrons. The third kappa shape index (κ3) is 7.06. The minimum atomic E-state index is -0.183. The lowest BCUT2D eigenvalue weighted by molar-refractivity contribution is 0.242. The molecular formula is C20H28ClN5O. The number of amides is 2. The zero-order chi connectivity index (χ0) is 19.6. The molecule has 2 heterocycles. The van der Waals surface area contributed by atoms with Gasteiger partial charge in [-0.25, -0.2) is 4.79 Å². The van der Waals surface area contributed by atoms with Crippen LogP contribution >= 0.6 is 11.6 Å². The second-order valence-corrected chi connectivity index (χ2v) is 7.00. The number of rotatable bonds is 3. The van der Waals surface area contributed by atoms with Crippen molar-refractivity contribution in [3.63, 3.8) is 0 Å². The van der Waals surface area contributed by atoms with Gasteiger partial charge in [-0.1, -0.05) is 23.7 Å². The molecule has 2 N–H and O–H groups in total. The molecule has 1 aromatic carbocycles. The van der Waals surface area contributed by atoms with E-state index in [4.69, 9.17) is 11.6 Å². The molecule has 0 atom stereocenters. The second-order valence-electron chi connectivity index (χ2n) is 6.60. The fraction of sp³-hybridized carbons (Fsp3) is 0.450. The van der Waals surface area contributed by atoms with Gasteiger partial charge in [0.25, 0.3) is 0 Å². The van der Waals surface area contributed by atoms with Crippen molar-refractivity contribution >= 4 is 23.4 Å². The molecule has 6 nitrogen and oxygen atoms in total. The first-order chi connectivity index (χ1) is 13.0. The first-order valence-electron chi connectivity index (χ1n) is 9.25. The van der Waals surface area contributed by atoms with Gasteiger partial charge in [-0.2, -0.15) is 5.10 Å². The average molecular weight is 390 g/mol. The Morgan fingerprint density at radius 2 is 1.85 bits per heavy atom. The predicted octanol–water partition coefficient (Wildman–Crippen LogP) is 3.85. The lowest BCUT2D eigenvalue weighted by Gasteiger charge is -2.27. The van der Waals surface area contributed by atoms with Crippen LogP contribution in [-0.4, -0.2) is 36.4 Å². The fourth-order valence-electron chi connectivity index (χ4n) is 2.77. The Bertz CT molecular complexity index is 730. The molecule has 0 unspecified atom stereocenters. The number of hydrogen-bond acceptors (Lipinski definition) is 4. The Morgan fingerprint density at radius 1 is 1.11 bits per heavy atom. The standard InChI is InChI=1S/C10H13ClN2O.C10H15N3/c1-7-5-8(3-4-9(7)11)6-13-10(14)12-2;1-9-5-6-10(12-11-9)13-7-3-2-4-8-13/h3-5H,6H2,1-2H3,(H2,12,13,14);5-6H,2-4,7-8H2,1H3. The van der Waals surface area contributed by atoms with Crippen LogP contribution < -0.4 is 15.5 Å². The van der Waals surface area contributed by atoms with Crippen molar-refractivity contribution < 1.29 is 4.79 Å². The van der Waals surface area contributed by atoms with E-state index in [1.807, 2.05) is 38.1 Å². The molecule has 1 aliphatic heterocycles. The maximum absolute atomic E-state index is 10.9. The number of urea groups is 1. The normalized spacial score (nSPS) is 13.4. The van der Waals surface area contributed by atoms with Crippen molar-refractivity contribution in [2.24, 2.45) is 0 Å². The minimum Gasteiger partial charge on any atom is -0.355 e. The summed E-state index contributed by atoms with van der Waals surface area (Å²) in [7, 11) is 1.59. The van der Waals surface area contributed by atoms with Crippen molar-refractivity contribution in [1.29, 1.82) is 0 Å². The number of benzene rings is 1. The molecule has 0 saturated carbocycles. The SMILES string of the molecule is CNC(=O)NCc1ccc(Cl)c(C)c1.Cc1ccc(N2CCCCC2)nn1. The number of halogens is 1. The van der Waals surface area contributed by atoms with E-state index in [0.29, 0.717) is 6.54 Å². The van der Waals surface area contributed by atoms with E-state index in [-0.39, 0.29) is 6.03 Å². The Kier molecular flexibility index (Phi) is 8.33. The molecule has 0 spiro atoms. The number of piperidine rings is 1. The smallest absolute Gasteiger partial charge is 0.314 e. The largest absolute Gasteiger partial charge is 0.355 e. The lowest BCUT2D eigenvalue weighted by Crippen LogP contribution is -2.32. The average Bonchev–Trinajstić information content (AvgIpc) is 2.70. The van der Waals surface area contributed by atoms with E-state index in [9.17, 15) is 4.79 Å². The number of hydrogen-bond donors (Lipinski definition) is 2. The number of aryl methyl sites for hydroxylation is 2. The lowest BCUT2D eigenvalue weighted by atomic mass is 10.1. The van der Waals surface area contributed by atoms with E-state index in [2.05, 4.69) is 31.8 Å². The van der Waals surface area contributed by atoms with Crippen LogP contribution in [0.2, 0.25) is 5.02 Å². The van der Waals surface area contributed by atoms with Crippen LogP contribution in [0, 0.1) is 13.8 Å². The summed E-state index contributed by atoms with van der Waals surface area (Å²) in [5.41, 5.74) is 3.04. The number of nitrogens with zero attached hydrogens (tertiary/aromatic N) is 3. The molecule has 7 heteroatoms. The van der Waals surface area contributed by atoms with Crippen LogP contribution in [0.1, 0.15) is 36.1 Å². The van der Waals surface area contributed by atoms with E-state index in [1.54, 1.807) is 7.05 Å². The fourth-order valence-corrected chi connectivity index (χ4v) is 2.89. The van der Waals surface area contributed by atoms with Crippen molar-refractivity contribution in [1.82, 2.24) is 20.8 Å². The Morgan fingerprint density at radius 3 is 2.44 bits per heavy atom. The summed E-state index contributed by atoms with van der Waals surface area (Å²) < 4.78 is 0. The summed E-state index contributed by atoms with van der Waals surface area (Å²) in [4.78, 5) is 13.2. The molecule has 0 aliphatic carbocycles. The number of anilines is 1. The maximum atomic E-state index is 10.9. The van der Waals surface area contributed by atoms with Crippen LogP contribution in [0.4, 0.5) is 10.6 Å². The van der Waals surface area contributed by atoms with Gasteiger partial charge in [-0.05, 0) is 62.4 Å². The van der Waals surface area contributed by atoms with E-state index >= 15 is 0 Å². The third-order valence-electron chi connectivity index (χ3n) is 4.37. The molecular weight excluding hydrogens is 362 g/mol. The molecule has 2 aromatic rings. The highest BCUT2D eigenvalue weighted by molar-refractivity contribution is 6.31. The Labute approximate surface area is 166 Å². The van der Waals surface area contributed by atoms with E-state index in [1.165, 1.54) is 19.3 Å². The monoisotopic (exact) mass is 389 g/mol. The highest BCUT2D eigenvalue weighted by Crippen LogP contribution is 2.16. The van der Waals surface area contributed by atoms with E-state index in [0.717, 1.165) is 40.8 Å². The molecule has 1 aliphatic rings. The van der Waals surface area contributed by atoms with Gasteiger partial charge < -0.3 is 15.5 Å². The van der Waals surface area contributed by atoms with Gasteiger partial charge in [0.2, 0.25) is 0 Å². The van der Waals surface area contributed by atoms with Crippen molar-refractivity contribution in [2.75, 3.05) is 25.0 Å². The molecule has 146 valence electrons. The van der Waals surface area contributed by atoms with Crippen molar-refractivity contribution in [2.45, 2.75) is 39.7 Å². The molecule has 1 fully saturated rings. The number of aromatic nitrogens is 2. The summed E-state index contributed by atoms with van der Waals surface area (Å²) in [6.07, 6.45) is 3.93. The molecule has 27 heavy (non-hydrogen) atoms. The number of carbonyl (C=O) groups excluding carboxylic acids is 1. The molecule has 3 rings (SSSR count). The van der Waals surface area contributed by atoms with Crippen LogP contribution in [0.5, 0.6) is 0 Å². The van der Waals surface area contributed by atoms with Gasteiger partial charge in [-0.15, -0.1) is 5.10 Å². The van der Waals surface area contributed by atoms with Crippen LogP contribution in [0.15, 0.2) is 30.3 Å². The van der Waals surface area contributed by atoms with Gasteiger partial charge in [0.15, 0.2) is 5.82 Å². The highest BCUT2D eigenvalue weighted by atomic mass is 35.5. The highest BCUT2D eigenvalue weighted by Gasteiger charge is 2.11. The zero-order valence-electron chi connectivity index (χ0n) is 16.3. The predicted molar refractivity (Wildman–Crippen MR) is 110 cm³/mol.